The number of pyridine rings is 1. The number of hydrogen-bond donors (Lipinski definition) is 0. The van der Waals surface area contributed by atoms with E-state index in [1.54, 1.807) is 53.2 Å². The van der Waals surface area contributed by atoms with E-state index >= 15 is 0 Å². The molecule has 15 aromatic rings. The zero-order valence-corrected chi connectivity index (χ0v) is 57.3. The maximum atomic E-state index is 11.1. The monoisotopic (exact) mass is 1480 g/mol. The minimum atomic E-state index is -6.52. The molecule has 97 heavy (non-hydrogen) atoms. The van der Waals surface area contributed by atoms with Crippen LogP contribution in [-0.2, 0) is 37.3 Å². The molecule has 1 aliphatic rings. The Bertz CT molecular complexity index is 6940. The summed E-state index contributed by atoms with van der Waals surface area (Å²) in [6.45, 7) is 18.6. The molecule has 0 aliphatic carbocycles. The molecule has 0 spiro atoms. The van der Waals surface area contributed by atoms with Crippen molar-refractivity contribution in [2.45, 2.75) is 78.6 Å². The van der Waals surface area contributed by atoms with Gasteiger partial charge in [-0.05, 0) is 145 Å². The molecule has 12 aromatic carbocycles. The standard InChI is InChI=1S/C90H74N4OSi.Pt/c1-88(2,3)63-48-49-91-85(56-63)94-82-45-24-23-42-78(82)79-47-46-68(58-83(79)94)95-67-30-26-29-66(57-67)92-59-93-86-73(62-50-64(89(4,5)6)55-65(51-62)90(7,8)9)43-27-44-80(86)76-40-21-19-38-74(76)75-39-20-22-41-77(75)81-53-61(54-84(92)87(81)93)60-28-25-37-72(52-60)96(69-31-13-10-14-32-69,70-33-15-11-16-34-70)71-35-17-12-18-36-71;/h10-56H,1-9H3;/q-2;/i10D,11D,12D,13D,14D,15D,16D,17D,18D,19D,20D,21D,22D,25D,28D,31D,32D,33D,34D,35D,36D,37D,38D,39D,40D,41D,52D;. The van der Waals surface area contributed by atoms with Gasteiger partial charge in [-0.25, -0.2) is 4.98 Å². The fourth-order valence-electron chi connectivity index (χ4n) is 12.8. The Balaban J connectivity index is 0.0000119. The largest absolute Gasteiger partial charge is 0.510 e. The average Bonchev–Trinajstić information content (AvgIpc) is 0.723. The van der Waals surface area contributed by atoms with E-state index in [9.17, 15) is 32.9 Å². The Morgan fingerprint density at radius 3 is 1.62 bits per heavy atom. The van der Waals surface area contributed by atoms with Crippen LogP contribution in [0.1, 0.15) is 116 Å². The fourth-order valence-corrected chi connectivity index (χ4v) is 16.4. The summed E-state index contributed by atoms with van der Waals surface area (Å²) in [6.07, 6.45) is 5.33. The number of aromatic nitrogens is 4. The van der Waals surface area contributed by atoms with Gasteiger partial charge in [0.05, 0.1) is 53.7 Å². The first-order valence-electron chi connectivity index (χ1n) is 44.7. The van der Waals surface area contributed by atoms with Crippen molar-refractivity contribution in [3.63, 3.8) is 0 Å². The Morgan fingerprint density at radius 1 is 0.433 bits per heavy atom. The second-order valence-corrected chi connectivity index (χ2v) is 30.3. The van der Waals surface area contributed by atoms with Crippen LogP contribution >= 0.6 is 0 Å². The van der Waals surface area contributed by atoms with Crippen molar-refractivity contribution in [2.75, 3.05) is 0 Å². The summed E-state index contributed by atoms with van der Waals surface area (Å²) < 4.78 is 275. The van der Waals surface area contributed by atoms with E-state index in [2.05, 4.69) is 45.3 Å². The maximum Gasteiger partial charge on any atom is 0.268 e. The third-order valence-electron chi connectivity index (χ3n) is 17.7. The van der Waals surface area contributed by atoms with E-state index in [4.69, 9.17) is 13.8 Å². The predicted octanol–water partition coefficient (Wildman–Crippen LogP) is 19.5. The summed E-state index contributed by atoms with van der Waals surface area (Å²) in [5, 5.41) is -2.66. The summed E-state index contributed by atoms with van der Waals surface area (Å²) >= 11 is 0. The van der Waals surface area contributed by atoms with E-state index in [1.165, 1.54) is 16.7 Å². The number of ether oxygens (including phenoxy) is 1. The Labute approximate surface area is 623 Å². The van der Waals surface area contributed by atoms with Gasteiger partial charge in [-0.3, -0.25) is 4.57 Å². The van der Waals surface area contributed by atoms with Crippen molar-refractivity contribution < 1.29 is 67.4 Å². The molecule has 1 aliphatic heterocycles. The zero-order valence-electron chi connectivity index (χ0n) is 81.1. The van der Waals surface area contributed by atoms with Gasteiger partial charge in [0.15, 0.2) is 8.07 Å². The Morgan fingerprint density at radius 2 is 0.990 bits per heavy atom. The van der Waals surface area contributed by atoms with Crippen molar-refractivity contribution in [2.24, 2.45) is 0 Å². The Kier molecular flexibility index (Phi) is 9.85. The van der Waals surface area contributed by atoms with Crippen LogP contribution in [0.4, 0.5) is 0 Å². The van der Waals surface area contributed by atoms with Crippen molar-refractivity contribution in [3.05, 3.63) is 320 Å². The second kappa shape index (κ2) is 24.4. The first-order valence-corrected chi connectivity index (χ1v) is 33.2. The minimum Gasteiger partial charge on any atom is -0.510 e. The van der Waals surface area contributed by atoms with E-state index < -0.39 is 231 Å². The molecule has 4 heterocycles. The molecular formula is C90H74N4OPtSi-2. The van der Waals surface area contributed by atoms with Crippen LogP contribution in [0.15, 0.2) is 285 Å². The van der Waals surface area contributed by atoms with Crippen LogP contribution in [-0.4, -0.2) is 22.2 Å². The number of imidazole rings is 1. The van der Waals surface area contributed by atoms with Crippen LogP contribution in [0.5, 0.6) is 11.5 Å². The summed E-state index contributed by atoms with van der Waals surface area (Å²) in [4.78, 5) is 4.86. The maximum absolute atomic E-state index is 11.1. The van der Waals surface area contributed by atoms with Gasteiger partial charge in [0.25, 0.3) is 6.33 Å². The van der Waals surface area contributed by atoms with Gasteiger partial charge in [-0.1, -0.05) is 292 Å². The SMILES string of the molecule is [2H]c1c([2H])c([2H])c([Si](c2c([2H])c([2H])c([2H])c([2H])c2[2H])(c2c([2H])c([2H])c([2H])c([2H])c2[2H])c2c([2H])c([2H])c([2H])c(-c3cc4c5c(c3)n(-c3[c-]c(Oc6[c-]c7c(cc6)c6ccccc6n7-c6cc(C(C)(C)C)ccn6)ccc3)[c-][n+]5-c3c(-c5cc(C(C)(C)C)cc(C(C)(C)C)c5)cccc3-c3c([2H])c([2H])c([2H])c([2H])c3-c3c([2H])c([2H])c([2H])c([2H])c3-4)c2[2H])c([2H])c1[2H].[Pt]. The molecule has 0 fully saturated rings. The van der Waals surface area contributed by atoms with E-state index in [1.807, 2.05) is 101 Å². The number of hydrogen-bond acceptors (Lipinski definition) is 2. The van der Waals surface area contributed by atoms with Gasteiger partial charge < -0.3 is 13.9 Å². The van der Waals surface area contributed by atoms with Crippen LogP contribution < -0.4 is 30.1 Å². The third kappa shape index (κ3) is 11.0. The predicted molar refractivity (Wildman–Crippen MR) is 400 cm³/mol. The summed E-state index contributed by atoms with van der Waals surface area (Å²) in [5.41, 5.74) is 0.966. The first kappa shape index (κ1) is 39.1. The van der Waals surface area contributed by atoms with Crippen molar-refractivity contribution >= 4 is 61.7 Å². The van der Waals surface area contributed by atoms with Crippen molar-refractivity contribution in [1.82, 2.24) is 14.1 Å². The van der Waals surface area contributed by atoms with Crippen LogP contribution in [0.3, 0.4) is 0 Å². The van der Waals surface area contributed by atoms with Gasteiger partial charge in [-0.2, -0.15) is 18.2 Å². The van der Waals surface area contributed by atoms with Crippen LogP contribution in [0.25, 0.3) is 106 Å². The average molecular weight is 1480 g/mol. The molecule has 0 saturated carbocycles. The number of nitrogens with zero attached hydrogens (tertiary/aromatic N) is 4. The number of fused-ring (bicyclic) bond motifs is 10. The molecule has 0 radical (unpaired) electrons. The van der Waals surface area contributed by atoms with Gasteiger partial charge >= 0.3 is 0 Å². The summed E-state index contributed by atoms with van der Waals surface area (Å²) in [5.74, 6) is 0.874. The van der Waals surface area contributed by atoms with Gasteiger partial charge in [-0.15, -0.1) is 29.7 Å². The minimum absolute atomic E-state index is 0. The quantitative estimate of drug-likeness (QED) is 0.0592. The molecule has 16 rings (SSSR count). The first-order chi connectivity index (χ1) is 57.7. The number of para-hydroxylation sites is 2. The van der Waals surface area contributed by atoms with E-state index in [0.29, 0.717) is 22.5 Å². The van der Waals surface area contributed by atoms with Crippen molar-refractivity contribution in [1.29, 1.82) is 0 Å². The topological polar surface area (TPSA) is 35.9 Å². The molecule has 3 aromatic heterocycles. The Hall–Kier alpha value is -10.2. The molecule has 0 unspecified atom stereocenters. The van der Waals surface area contributed by atoms with Crippen LogP contribution in [0.2, 0.25) is 0 Å². The molecule has 5 nitrogen and oxygen atoms in total. The molecule has 0 atom stereocenters. The molecule has 0 N–H and O–H groups in total. The van der Waals surface area contributed by atoms with Gasteiger partial charge in [0, 0.05) is 44.3 Å². The number of benzene rings is 12. The third-order valence-corrected chi connectivity index (χ3v) is 21.7. The van der Waals surface area contributed by atoms with Crippen molar-refractivity contribution in [3.8, 4) is 84.3 Å². The van der Waals surface area contributed by atoms with E-state index in [-0.39, 0.29) is 77.1 Å². The summed E-state index contributed by atoms with van der Waals surface area (Å²) in [6, 6.07) is 12.5. The normalized spacial score (nSPS) is 16.2. The molecule has 7 heteroatoms. The van der Waals surface area contributed by atoms with Gasteiger partial charge in [0.2, 0.25) is 0 Å². The number of rotatable bonds is 10. The molecular weight excluding hydrogens is 1380 g/mol. The molecule has 0 amide bonds. The smallest absolute Gasteiger partial charge is 0.268 e. The second-order valence-electron chi connectivity index (χ2n) is 26.8. The molecule has 0 saturated heterocycles. The fraction of sp³-hybridized carbons (Fsp3) is 0.133. The zero-order chi connectivity index (χ0) is 89.2. The molecule has 476 valence electrons. The van der Waals surface area contributed by atoms with Gasteiger partial charge in [0.1, 0.15) is 5.82 Å². The van der Waals surface area contributed by atoms with E-state index in [0.717, 1.165) is 33.0 Å². The molecule has 0 bridgehead atoms. The summed E-state index contributed by atoms with van der Waals surface area (Å²) in [7, 11) is -6.52. The van der Waals surface area contributed by atoms with Crippen LogP contribution in [0, 0.1) is 18.5 Å².